The van der Waals surface area contributed by atoms with Gasteiger partial charge in [0, 0.05) is 0 Å². The maximum Gasteiger partial charge on any atom is 0.283 e. The molecule has 0 saturated carbocycles. The highest BCUT2D eigenvalue weighted by Gasteiger charge is 2.23. The van der Waals surface area contributed by atoms with Gasteiger partial charge in [0.15, 0.2) is 5.76 Å². The van der Waals surface area contributed by atoms with E-state index in [2.05, 4.69) is 28.9 Å². The van der Waals surface area contributed by atoms with Gasteiger partial charge in [-0.25, -0.2) is 0 Å². The Bertz CT molecular complexity index is 525. The summed E-state index contributed by atoms with van der Waals surface area (Å²) in [5.74, 6) is 3.39. The molecule has 5 nitrogen and oxygen atoms in total. The van der Waals surface area contributed by atoms with Gasteiger partial charge in [-0.2, -0.15) is 0 Å². The van der Waals surface area contributed by atoms with Gasteiger partial charge >= 0.3 is 0 Å². The first-order chi connectivity index (χ1) is 9.72. The molecule has 0 amide bonds. The molecular weight excluding hydrogens is 254 g/mol. The van der Waals surface area contributed by atoms with Gasteiger partial charge in [-0.3, -0.25) is 4.90 Å². The summed E-state index contributed by atoms with van der Waals surface area (Å²) in [7, 11) is 0. The Morgan fingerprint density at radius 3 is 2.75 bits per heavy atom. The third kappa shape index (κ3) is 2.93. The summed E-state index contributed by atoms with van der Waals surface area (Å²) < 4.78 is 10.9. The Labute approximate surface area is 119 Å². The second-order valence-corrected chi connectivity index (χ2v) is 5.84. The molecule has 1 aliphatic rings. The molecule has 20 heavy (non-hydrogen) atoms. The standard InChI is InChI=1S/C15H21N3O2/c1-11(2)12-5-7-18(8-6-12)10-14-16-17-15(20-14)13-4-3-9-19-13/h3-4,9,11-12H,5-8,10H2,1-2H3. The van der Waals surface area contributed by atoms with Crippen LogP contribution in [0, 0.1) is 11.8 Å². The summed E-state index contributed by atoms with van der Waals surface area (Å²) in [5, 5.41) is 8.13. The van der Waals surface area contributed by atoms with Crippen molar-refractivity contribution in [2.24, 2.45) is 11.8 Å². The topological polar surface area (TPSA) is 55.3 Å². The molecule has 0 aliphatic carbocycles. The number of hydrogen-bond acceptors (Lipinski definition) is 5. The Morgan fingerprint density at radius 1 is 1.30 bits per heavy atom. The zero-order valence-corrected chi connectivity index (χ0v) is 12.1. The molecule has 108 valence electrons. The van der Waals surface area contributed by atoms with E-state index in [-0.39, 0.29) is 0 Å². The average molecular weight is 275 g/mol. The summed E-state index contributed by atoms with van der Waals surface area (Å²) in [4.78, 5) is 2.39. The van der Waals surface area contributed by atoms with Crippen molar-refractivity contribution in [3.63, 3.8) is 0 Å². The number of likely N-dealkylation sites (tertiary alicyclic amines) is 1. The van der Waals surface area contributed by atoms with Gasteiger partial charge in [-0.1, -0.05) is 13.8 Å². The first-order valence-corrected chi connectivity index (χ1v) is 7.31. The lowest BCUT2D eigenvalue weighted by Crippen LogP contribution is -2.34. The van der Waals surface area contributed by atoms with Crippen LogP contribution >= 0.6 is 0 Å². The van der Waals surface area contributed by atoms with E-state index in [0.29, 0.717) is 17.5 Å². The van der Waals surface area contributed by atoms with Crippen LogP contribution in [0.25, 0.3) is 11.7 Å². The van der Waals surface area contributed by atoms with Crippen molar-refractivity contribution >= 4 is 0 Å². The number of furan rings is 1. The smallest absolute Gasteiger partial charge is 0.283 e. The zero-order chi connectivity index (χ0) is 13.9. The summed E-state index contributed by atoms with van der Waals surface area (Å²) in [5.41, 5.74) is 0. The summed E-state index contributed by atoms with van der Waals surface area (Å²) in [6.45, 7) is 7.59. The van der Waals surface area contributed by atoms with E-state index in [4.69, 9.17) is 8.83 Å². The van der Waals surface area contributed by atoms with Gasteiger partial charge in [-0.15, -0.1) is 10.2 Å². The fourth-order valence-electron chi connectivity index (χ4n) is 2.79. The van der Waals surface area contributed by atoms with Crippen LogP contribution in [0.1, 0.15) is 32.6 Å². The summed E-state index contributed by atoms with van der Waals surface area (Å²) in [6, 6.07) is 3.64. The van der Waals surface area contributed by atoms with Crippen LogP contribution in [0.3, 0.4) is 0 Å². The number of piperidine rings is 1. The maximum absolute atomic E-state index is 5.65. The lowest BCUT2D eigenvalue weighted by atomic mass is 9.87. The Kier molecular flexibility index (Phi) is 3.87. The minimum atomic E-state index is 0.460. The van der Waals surface area contributed by atoms with Gasteiger partial charge in [0.25, 0.3) is 5.89 Å². The molecule has 0 radical (unpaired) electrons. The van der Waals surface area contributed by atoms with Gasteiger partial charge in [0.2, 0.25) is 5.89 Å². The van der Waals surface area contributed by atoms with Gasteiger partial charge < -0.3 is 8.83 Å². The van der Waals surface area contributed by atoms with E-state index in [1.54, 1.807) is 6.26 Å². The fraction of sp³-hybridized carbons (Fsp3) is 0.600. The van der Waals surface area contributed by atoms with Crippen molar-refractivity contribution in [1.29, 1.82) is 0 Å². The molecule has 1 fully saturated rings. The van der Waals surface area contributed by atoms with E-state index in [1.807, 2.05) is 12.1 Å². The van der Waals surface area contributed by atoms with Crippen molar-refractivity contribution in [2.75, 3.05) is 13.1 Å². The average Bonchev–Trinajstić information content (AvgIpc) is 3.09. The van der Waals surface area contributed by atoms with Crippen molar-refractivity contribution in [2.45, 2.75) is 33.2 Å². The molecule has 0 spiro atoms. The summed E-state index contributed by atoms with van der Waals surface area (Å²) >= 11 is 0. The SMILES string of the molecule is CC(C)C1CCN(Cc2nnc(-c3ccco3)o2)CC1. The van der Waals surface area contributed by atoms with Crippen molar-refractivity contribution in [3.8, 4) is 11.7 Å². The van der Waals surface area contributed by atoms with Crippen LogP contribution in [0.4, 0.5) is 0 Å². The molecule has 2 aromatic rings. The van der Waals surface area contributed by atoms with Gasteiger partial charge in [0.1, 0.15) is 0 Å². The monoisotopic (exact) mass is 275 g/mol. The minimum absolute atomic E-state index is 0.460. The lowest BCUT2D eigenvalue weighted by Gasteiger charge is -2.32. The van der Waals surface area contributed by atoms with Crippen molar-refractivity contribution < 1.29 is 8.83 Å². The highest BCUT2D eigenvalue weighted by molar-refractivity contribution is 5.42. The summed E-state index contributed by atoms with van der Waals surface area (Å²) in [6.07, 6.45) is 4.13. The first kappa shape index (κ1) is 13.4. The van der Waals surface area contributed by atoms with Crippen LogP contribution in [0.2, 0.25) is 0 Å². The van der Waals surface area contributed by atoms with Crippen LogP contribution in [0.15, 0.2) is 27.2 Å². The molecular formula is C15H21N3O2. The van der Waals surface area contributed by atoms with Gasteiger partial charge in [0.05, 0.1) is 12.8 Å². The molecule has 0 aromatic carbocycles. The molecule has 0 atom stereocenters. The third-order valence-electron chi connectivity index (χ3n) is 4.13. The second kappa shape index (κ2) is 5.79. The van der Waals surface area contributed by atoms with Crippen LogP contribution in [-0.4, -0.2) is 28.2 Å². The molecule has 0 bridgehead atoms. The predicted molar refractivity (Wildman–Crippen MR) is 74.8 cm³/mol. The fourth-order valence-corrected chi connectivity index (χ4v) is 2.79. The van der Waals surface area contributed by atoms with E-state index >= 15 is 0 Å². The minimum Gasteiger partial charge on any atom is -0.459 e. The Hall–Kier alpha value is -1.62. The van der Waals surface area contributed by atoms with E-state index in [9.17, 15) is 0 Å². The molecule has 0 unspecified atom stereocenters. The molecule has 0 N–H and O–H groups in total. The number of hydrogen-bond donors (Lipinski definition) is 0. The van der Waals surface area contributed by atoms with Crippen molar-refractivity contribution in [3.05, 3.63) is 24.3 Å². The maximum atomic E-state index is 5.65. The number of aromatic nitrogens is 2. The quantitative estimate of drug-likeness (QED) is 0.857. The highest BCUT2D eigenvalue weighted by atomic mass is 16.4. The number of nitrogens with zero attached hydrogens (tertiary/aromatic N) is 3. The van der Waals surface area contributed by atoms with Crippen molar-refractivity contribution in [1.82, 2.24) is 15.1 Å². The first-order valence-electron chi connectivity index (χ1n) is 7.31. The predicted octanol–water partition coefficient (Wildman–Crippen LogP) is 3.20. The van der Waals surface area contributed by atoms with Gasteiger partial charge in [-0.05, 0) is 49.9 Å². The molecule has 2 aromatic heterocycles. The largest absolute Gasteiger partial charge is 0.459 e. The van der Waals surface area contributed by atoms with Crippen LogP contribution in [-0.2, 0) is 6.54 Å². The lowest BCUT2D eigenvalue weighted by molar-refractivity contribution is 0.142. The molecule has 1 saturated heterocycles. The van der Waals surface area contributed by atoms with E-state index < -0.39 is 0 Å². The molecule has 3 rings (SSSR count). The van der Waals surface area contributed by atoms with E-state index in [0.717, 1.165) is 31.5 Å². The zero-order valence-electron chi connectivity index (χ0n) is 12.1. The van der Waals surface area contributed by atoms with Crippen LogP contribution < -0.4 is 0 Å². The number of rotatable bonds is 4. The highest BCUT2D eigenvalue weighted by Crippen LogP contribution is 2.25. The Balaban J connectivity index is 1.57. The second-order valence-electron chi connectivity index (χ2n) is 5.84. The molecule has 5 heteroatoms. The van der Waals surface area contributed by atoms with E-state index in [1.165, 1.54) is 12.8 Å². The third-order valence-corrected chi connectivity index (χ3v) is 4.13. The molecule has 3 heterocycles. The van der Waals surface area contributed by atoms with Crippen LogP contribution in [0.5, 0.6) is 0 Å². The normalized spacial score (nSPS) is 17.9. The Morgan fingerprint density at radius 2 is 2.10 bits per heavy atom. The molecule has 1 aliphatic heterocycles.